The van der Waals surface area contributed by atoms with Crippen molar-refractivity contribution in [3.8, 4) is 0 Å². The fraction of sp³-hybridized carbons (Fsp3) is 0.182. The molecule has 0 radical (unpaired) electrons. The topological polar surface area (TPSA) is 42.9 Å². The maximum Gasteiger partial charge on any atom is 0.416 e. The Kier molecular flexibility index (Phi) is 2.57. The lowest BCUT2D eigenvalue weighted by Crippen LogP contribution is -2.05. The van der Waals surface area contributed by atoms with E-state index in [0.29, 0.717) is 22.9 Å². The fourth-order valence-electron chi connectivity index (χ4n) is 1.53. The first kappa shape index (κ1) is 11.5. The van der Waals surface area contributed by atoms with Crippen LogP contribution in [0.15, 0.2) is 18.2 Å². The van der Waals surface area contributed by atoms with Gasteiger partial charge < -0.3 is 0 Å². The molecule has 0 N–H and O–H groups in total. The minimum absolute atomic E-state index is 0.0326. The van der Waals surface area contributed by atoms with Gasteiger partial charge in [0.2, 0.25) is 0 Å². The van der Waals surface area contributed by atoms with Crippen LogP contribution in [0, 0.1) is 6.92 Å². The summed E-state index contributed by atoms with van der Waals surface area (Å²) >= 11 is 0. The molecule has 1 heterocycles. The van der Waals surface area contributed by atoms with Crippen molar-refractivity contribution in [1.29, 1.82) is 0 Å². The summed E-state index contributed by atoms with van der Waals surface area (Å²) in [5, 5.41) is 0.297. The summed E-state index contributed by atoms with van der Waals surface area (Å²) in [5.74, 6) is -0.0326. The molecule has 3 nitrogen and oxygen atoms in total. The summed E-state index contributed by atoms with van der Waals surface area (Å²) in [4.78, 5) is 18.2. The van der Waals surface area contributed by atoms with Crippen molar-refractivity contribution in [3.63, 3.8) is 0 Å². The summed E-state index contributed by atoms with van der Waals surface area (Å²) in [7, 11) is 0. The van der Waals surface area contributed by atoms with Crippen LogP contribution in [0.1, 0.15) is 21.9 Å². The van der Waals surface area contributed by atoms with Gasteiger partial charge in [0, 0.05) is 11.1 Å². The van der Waals surface area contributed by atoms with E-state index in [2.05, 4.69) is 9.97 Å². The molecule has 0 saturated carbocycles. The lowest BCUT2D eigenvalue weighted by molar-refractivity contribution is -0.137. The molecule has 88 valence electrons. The molecule has 0 saturated heterocycles. The quantitative estimate of drug-likeness (QED) is 0.720. The van der Waals surface area contributed by atoms with Crippen LogP contribution in [0.25, 0.3) is 10.9 Å². The van der Waals surface area contributed by atoms with E-state index in [4.69, 9.17) is 0 Å². The lowest BCUT2D eigenvalue weighted by atomic mass is 10.1. The van der Waals surface area contributed by atoms with Gasteiger partial charge >= 0.3 is 6.18 Å². The van der Waals surface area contributed by atoms with Gasteiger partial charge in [0.15, 0.2) is 12.1 Å². The molecule has 0 unspecified atom stereocenters. The van der Waals surface area contributed by atoms with E-state index >= 15 is 0 Å². The number of rotatable bonds is 1. The highest BCUT2D eigenvalue weighted by atomic mass is 19.4. The Morgan fingerprint density at radius 1 is 1.24 bits per heavy atom. The standard InChI is InChI=1S/C11H7F3N2O/c1-6-8-4-7(11(12,13)14)2-3-9(8)16-10(5-17)15-6/h2-5H,1H3. The summed E-state index contributed by atoms with van der Waals surface area (Å²) in [6.07, 6.45) is -3.94. The highest BCUT2D eigenvalue weighted by molar-refractivity contribution is 5.84. The summed E-state index contributed by atoms with van der Waals surface area (Å²) in [6, 6.07) is 3.16. The predicted octanol–water partition coefficient (Wildman–Crippen LogP) is 2.77. The van der Waals surface area contributed by atoms with Gasteiger partial charge in [-0.05, 0) is 25.1 Å². The number of carbonyl (C=O) groups excluding carboxylic acids is 1. The fourth-order valence-corrected chi connectivity index (χ4v) is 1.53. The summed E-state index contributed by atoms with van der Waals surface area (Å²) < 4.78 is 37.5. The molecule has 0 atom stereocenters. The van der Waals surface area contributed by atoms with Gasteiger partial charge in [0.25, 0.3) is 0 Å². The number of fused-ring (bicyclic) bond motifs is 1. The zero-order valence-electron chi connectivity index (χ0n) is 8.75. The van der Waals surface area contributed by atoms with Crippen molar-refractivity contribution in [2.45, 2.75) is 13.1 Å². The predicted molar refractivity (Wildman–Crippen MR) is 54.7 cm³/mol. The molecule has 17 heavy (non-hydrogen) atoms. The van der Waals surface area contributed by atoms with Crippen LogP contribution in [0.2, 0.25) is 0 Å². The Bertz CT molecular complexity index is 593. The second-order valence-electron chi connectivity index (χ2n) is 3.51. The van der Waals surface area contributed by atoms with E-state index in [0.717, 1.165) is 12.1 Å². The van der Waals surface area contributed by atoms with E-state index in [-0.39, 0.29) is 5.82 Å². The Labute approximate surface area is 94.3 Å². The first-order valence-corrected chi connectivity index (χ1v) is 4.72. The zero-order chi connectivity index (χ0) is 12.6. The first-order valence-electron chi connectivity index (χ1n) is 4.72. The molecule has 0 aliphatic rings. The van der Waals surface area contributed by atoms with Crippen LogP contribution in [0.4, 0.5) is 13.2 Å². The molecule has 0 aliphatic carbocycles. The van der Waals surface area contributed by atoms with E-state index in [9.17, 15) is 18.0 Å². The van der Waals surface area contributed by atoms with Crippen molar-refractivity contribution >= 4 is 17.2 Å². The number of alkyl halides is 3. The monoisotopic (exact) mass is 240 g/mol. The average Bonchev–Trinajstić information content (AvgIpc) is 2.27. The second-order valence-corrected chi connectivity index (χ2v) is 3.51. The van der Waals surface area contributed by atoms with Crippen LogP contribution < -0.4 is 0 Å². The third-order valence-electron chi connectivity index (χ3n) is 2.34. The first-order chi connectivity index (χ1) is 7.91. The number of carbonyl (C=O) groups is 1. The van der Waals surface area contributed by atoms with Gasteiger partial charge in [-0.25, -0.2) is 9.97 Å². The van der Waals surface area contributed by atoms with E-state index in [1.165, 1.54) is 13.0 Å². The number of hydrogen-bond donors (Lipinski definition) is 0. The average molecular weight is 240 g/mol. The number of halogens is 3. The Morgan fingerprint density at radius 2 is 1.94 bits per heavy atom. The SMILES string of the molecule is Cc1nc(C=O)nc2ccc(C(F)(F)F)cc12. The normalized spacial score (nSPS) is 11.8. The van der Waals surface area contributed by atoms with Crippen molar-refractivity contribution < 1.29 is 18.0 Å². The van der Waals surface area contributed by atoms with Crippen molar-refractivity contribution in [2.75, 3.05) is 0 Å². The van der Waals surface area contributed by atoms with Gasteiger partial charge in [-0.1, -0.05) is 0 Å². The Balaban J connectivity index is 2.71. The number of hydrogen-bond acceptors (Lipinski definition) is 3. The van der Waals surface area contributed by atoms with Gasteiger partial charge in [-0.3, -0.25) is 4.79 Å². The smallest absolute Gasteiger partial charge is 0.294 e. The number of aromatic nitrogens is 2. The van der Waals surface area contributed by atoms with Crippen LogP contribution in [0.3, 0.4) is 0 Å². The van der Waals surface area contributed by atoms with Crippen LogP contribution >= 0.6 is 0 Å². The highest BCUT2D eigenvalue weighted by Crippen LogP contribution is 2.31. The molecular weight excluding hydrogens is 233 g/mol. The minimum Gasteiger partial charge on any atom is -0.294 e. The van der Waals surface area contributed by atoms with Crippen molar-refractivity contribution in [3.05, 3.63) is 35.3 Å². The molecule has 2 rings (SSSR count). The van der Waals surface area contributed by atoms with Crippen LogP contribution in [-0.4, -0.2) is 16.3 Å². The maximum atomic E-state index is 12.5. The molecule has 0 spiro atoms. The highest BCUT2D eigenvalue weighted by Gasteiger charge is 2.30. The van der Waals surface area contributed by atoms with Gasteiger partial charge in [-0.2, -0.15) is 13.2 Å². The molecule has 0 aliphatic heterocycles. The van der Waals surface area contributed by atoms with Crippen LogP contribution in [-0.2, 0) is 6.18 Å². The molecular formula is C11H7F3N2O. The number of nitrogens with zero attached hydrogens (tertiary/aromatic N) is 2. The van der Waals surface area contributed by atoms with Crippen LogP contribution in [0.5, 0.6) is 0 Å². The summed E-state index contributed by atoms with van der Waals surface area (Å²) in [5.41, 5.74) is -0.0775. The van der Waals surface area contributed by atoms with E-state index < -0.39 is 11.7 Å². The Hall–Kier alpha value is -1.98. The van der Waals surface area contributed by atoms with E-state index in [1.54, 1.807) is 0 Å². The zero-order valence-corrected chi connectivity index (χ0v) is 8.75. The summed E-state index contributed by atoms with van der Waals surface area (Å²) in [6.45, 7) is 1.54. The molecule has 6 heteroatoms. The molecule has 1 aromatic heterocycles. The number of aldehydes is 1. The van der Waals surface area contributed by atoms with E-state index in [1.807, 2.05) is 0 Å². The van der Waals surface area contributed by atoms with Gasteiger partial charge in [0.05, 0.1) is 11.1 Å². The Morgan fingerprint density at radius 3 is 2.53 bits per heavy atom. The third kappa shape index (κ3) is 2.11. The number of benzene rings is 1. The largest absolute Gasteiger partial charge is 0.416 e. The second kappa shape index (κ2) is 3.80. The molecule has 2 aromatic rings. The molecule has 0 bridgehead atoms. The third-order valence-corrected chi connectivity index (χ3v) is 2.34. The number of aryl methyl sites for hydroxylation is 1. The lowest BCUT2D eigenvalue weighted by Gasteiger charge is -2.08. The van der Waals surface area contributed by atoms with Gasteiger partial charge in [-0.15, -0.1) is 0 Å². The van der Waals surface area contributed by atoms with Gasteiger partial charge in [0.1, 0.15) is 0 Å². The van der Waals surface area contributed by atoms with Crippen molar-refractivity contribution in [2.24, 2.45) is 0 Å². The minimum atomic E-state index is -4.40. The molecule has 0 fully saturated rings. The molecule has 1 aromatic carbocycles. The molecule has 0 amide bonds. The maximum absolute atomic E-state index is 12.5. The van der Waals surface area contributed by atoms with Crippen molar-refractivity contribution in [1.82, 2.24) is 9.97 Å².